The largest absolute Gasteiger partial charge is 0.467 e. The maximum Gasteiger partial charge on any atom is 0.319 e. The first-order chi connectivity index (χ1) is 7.79. The molecule has 5 nitrogen and oxygen atoms in total. The molecule has 1 heterocycles. The average Bonchev–Trinajstić information content (AvgIpc) is 2.29. The molecular weight excluding hydrogens is 208 g/mol. The summed E-state index contributed by atoms with van der Waals surface area (Å²) in [6, 6.07) is 5.28. The van der Waals surface area contributed by atoms with Crippen LogP contribution in [0.5, 0.6) is 5.75 Å². The van der Waals surface area contributed by atoms with Gasteiger partial charge in [0.05, 0.1) is 6.61 Å². The Morgan fingerprint density at radius 1 is 1.50 bits per heavy atom. The third kappa shape index (κ3) is 2.43. The summed E-state index contributed by atoms with van der Waals surface area (Å²) < 4.78 is 10.4. The molecule has 1 aromatic carbocycles. The molecule has 0 spiro atoms. The van der Waals surface area contributed by atoms with Gasteiger partial charge in [-0.1, -0.05) is 0 Å². The Balaban J connectivity index is 2.08. The minimum atomic E-state index is -0.208. The number of benzene rings is 1. The van der Waals surface area contributed by atoms with Gasteiger partial charge in [0.2, 0.25) is 0 Å². The number of ether oxygens (including phenoxy) is 2. The Labute approximate surface area is 93.7 Å². The van der Waals surface area contributed by atoms with E-state index in [1.807, 2.05) is 19.1 Å². The first-order valence-electron chi connectivity index (χ1n) is 5.18. The third-order valence-electron chi connectivity index (χ3n) is 2.21. The van der Waals surface area contributed by atoms with Crippen LogP contribution in [-0.4, -0.2) is 19.4 Å². The van der Waals surface area contributed by atoms with E-state index in [0.717, 1.165) is 17.0 Å². The van der Waals surface area contributed by atoms with Gasteiger partial charge in [0.25, 0.3) is 0 Å². The summed E-state index contributed by atoms with van der Waals surface area (Å²) >= 11 is 0. The van der Waals surface area contributed by atoms with Crippen LogP contribution in [0.4, 0.5) is 10.5 Å². The van der Waals surface area contributed by atoms with Gasteiger partial charge in [-0.3, -0.25) is 0 Å². The maximum atomic E-state index is 11.3. The average molecular weight is 222 g/mol. The number of carbonyl (C=O) groups is 1. The van der Waals surface area contributed by atoms with Crippen molar-refractivity contribution in [2.75, 3.05) is 18.7 Å². The number of nitrogens with one attached hydrogen (secondary N) is 2. The topological polar surface area (TPSA) is 59.6 Å². The molecule has 0 unspecified atom stereocenters. The fraction of sp³-hybridized carbons (Fsp3) is 0.364. The molecule has 2 rings (SSSR count). The molecule has 1 aliphatic rings. The molecule has 0 bridgehead atoms. The van der Waals surface area contributed by atoms with Gasteiger partial charge in [-0.2, -0.15) is 0 Å². The van der Waals surface area contributed by atoms with Crippen molar-refractivity contribution in [2.24, 2.45) is 0 Å². The highest BCUT2D eigenvalue weighted by Gasteiger charge is 2.11. The number of fused-ring (bicyclic) bond motifs is 1. The molecular formula is C11H14N2O3. The van der Waals surface area contributed by atoms with Crippen molar-refractivity contribution in [3.63, 3.8) is 0 Å². The monoisotopic (exact) mass is 222 g/mol. The van der Waals surface area contributed by atoms with Gasteiger partial charge in [-0.05, 0) is 25.1 Å². The summed E-state index contributed by atoms with van der Waals surface area (Å²) in [5.41, 5.74) is 1.68. The van der Waals surface area contributed by atoms with E-state index in [-0.39, 0.29) is 12.8 Å². The minimum Gasteiger partial charge on any atom is -0.467 e. The number of rotatable bonds is 2. The molecule has 1 aromatic rings. The molecule has 1 aliphatic heterocycles. The normalized spacial score (nSPS) is 13.6. The zero-order valence-corrected chi connectivity index (χ0v) is 9.08. The van der Waals surface area contributed by atoms with E-state index in [0.29, 0.717) is 13.2 Å². The molecule has 0 aromatic heterocycles. The summed E-state index contributed by atoms with van der Waals surface area (Å²) in [5, 5.41) is 5.39. The number of carbonyl (C=O) groups excluding carboxylic acids is 1. The van der Waals surface area contributed by atoms with Gasteiger partial charge in [-0.15, -0.1) is 0 Å². The molecule has 0 saturated heterocycles. The number of amides is 2. The highest BCUT2D eigenvalue weighted by atomic mass is 16.7. The van der Waals surface area contributed by atoms with E-state index < -0.39 is 0 Å². The first kappa shape index (κ1) is 10.8. The SMILES string of the molecule is CCNC(=O)Nc1ccc2c(c1)COCO2. The lowest BCUT2D eigenvalue weighted by Gasteiger charge is -2.18. The third-order valence-corrected chi connectivity index (χ3v) is 2.21. The number of urea groups is 1. The number of anilines is 1. The van der Waals surface area contributed by atoms with E-state index >= 15 is 0 Å². The Bertz CT molecular complexity index is 393. The molecule has 0 aliphatic carbocycles. The number of hydrogen-bond donors (Lipinski definition) is 2. The maximum absolute atomic E-state index is 11.3. The van der Waals surface area contributed by atoms with E-state index in [9.17, 15) is 4.79 Å². The van der Waals surface area contributed by atoms with Gasteiger partial charge in [0.1, 0.15) is 5.75 Å². The highest BCUT2D eigenvalue weighted by molar-refractivity contribution is 5.89. The lowest BCUT2D eigenvalue weighted by molar-refractivity contribution is -0.0163. The standard InChI is InChI=1S/C11H14N2O3/c1-2-12-11(14)13-9-3-4-10-8(5-9)6-15-7-16-10/h3-5H,2,6-7H2,1H3,(H2,12,13,14). The molecule has 2 N–H and O–H groups in total. The smallest absolute Gasteiger partial charge is 0.319 e. The predicted octanol–water partition coefficient (Wildman–Crippen LogP) is 1.69. The number of hydrogen-bond acceptors (Lipinski definition) is 3. The van der Waals surface area contributed by atoms with Crippen molar-refractivity contribution in [2.45, 2.75) is 13.5 Å². The van der Waals surface area contributed by atoms with Gasteiger partial charge in [0.15, 0.2) is 6.79 Å². The Hall–Kier alpha value is -1.75. The molecule has 2 amide bonds. The second-order valence-electron chi connectivity index (χ2n) is 3.42. The van der Waals surface area contributed by atoms with Crippen molar-refractivity contribution < 1.29 is 14.3 Å². The zero-order chi connectivity index (χ0) is 11.4. The Morgan fingerprint density at radius 2 is 2.38 bits per heavy atom. The van der Waals surface area contributed by atoms with Crippen molar-refractivity contribution in [1.82, 2.24) is 5.32 Å². The van der Waals surface area contributed by atoms with Crippen molar-refractivity contribution in [3.05, 3.63) is 23.8 Å². The second kappa shape index (κ2) is 4.85. The van der Waals surface area contributed by atoms with E-state index in [4.69, 9.17) is 9.47 Å². The molecule has 0 saturated carbocycles. The van der Waals surface area contributed by atoms with Gasteiger partial charge >= 0.3 is 6.03 Å². The van der Waals surface area contributed by atoms with Crippen molar-refractivity contribution in [3.8, 4) is 5.75 Å². The second-order valence-corrected chi connectivity index (χ2v) is 3.42. The summed E-state index contributed by atoms with van der Waals surface area (Å²) in [4.78, 5) is 11.3. The molecule has 5 heteroatoms. The van der Waals surface area contributed by atoms with Crippen LogP contribution in [0.3, 0.4) is 0 Å². The van der Waals surface area contributed by atoms with Gasteiger partial charge < -0.3 is 20.1 Å². The van der Waals surface area contributed by atoms with Crippen LogP contribution < -0.4 is 15.4 Å². The van der Waals surface area contributed by atoms with Crippen molar-refractivity contribution in [1.29, 1.82) is 0 Å². The Kier molecular flexibility index (Phi) is 3.26. The van der Waals surface area contributed by atoms with E-state index in [1.54, 1.807) is 6.07 Å². The predicted molar refractivity (Wildman–Crippen MR) is 59.4 cm³/mol. The van der Waals surface area contributed by atoms with Crippen LogP contribution in [-0.2, 0) is 11.3 Å². The fourth-order valence-electron chi connectivity index (χ4n) is 1.50. The molecule has 0 fully saturated rings. The van der Waals surface area contributed by atoms with Crippen LogP contribution >= 0.6 is 0 Å². The summed E-state index contributed by atoms with van der Waals surface area (Å²) in [6.45, 7) is 3.27. The van der Waals surface area contributed by atoms with Crippen LogP contribution in [0.25, 0.3) is 0 Å². The van der Waals surface area contributed by atoms with E-state index in [1.165, 1.54) is 0 Å². The van der Waals surface area contributed by atoms with E-state index in [2.05, 4.69) is 10.6 Å². The summed E-state index contributed by atoms with van der Waals surface area (Å²) in [5.74, 6) is 0.813. The first-order valence-corrected chi connectivity index (χ1v) is 5.18. The molecule has 0 atom stereocenters. The fourth-order valence-corrected chi connectivity index (χ4v) is 1.50. The molecule has 0 radical (unpaired) electrons. The highest BCUT2D eigenvalue weighted by Crippen LogP contribution is 2.26. The summed E-state index contributed by atoms with van der Waals surface area (Å²) in [6.07, 6.45) is 0. The van der Waals surface area contributed by atoms with Gasteiger partial charge in [0, 0.05) is 17.8 Å². The summed E-state index contributed by atoms with van der Waals surface area (Å²) in [7, 11) is 0. The minimum absolute atomic E-state index is 0.208. The van der Waals surface area contributed by atoms with Crippen LogP contribution in [0.2, 0.25) is 0 Å². The zero-order valence-electron chi connectivity index (χ0n) is 9.08. The lowest BCUT2D eigenvalue weighted by atomic mass is 10.2. The quantitative estimate of drug-likeness (QED) is 0.800. The lowest BCUT2D eigenvalue weighted by Crippen LogP contribution is -2.28. The van der Waals surface area contributed by atoms with Crippen LogP contribution in [0, 0.1) is 0 Å². The molecule has 86 valence electrons. The Morgan fingerprint density at radius 3 is 3.19 bits per heavy atom. The molecule has 16 heavy (non-hydrogen) atoms. The van der Waals surface area contributed by atoms with Crippen LogP contribution in [0.1, 0.15) is 12.5 Å². The van der Waals surface area contributed by atoms with Crippen molar-refractivity contribution >= 4 is 11.7 Å². The van der Waals surface area contributed by atoms with Gasteiger partial charge in [-0.25, -0.2) is 4.79 Å². The van der Waals surface area contributed by atoms with Crippen LogP contribution in [0.15, 0.2) is 18.2 Å².